The molecule has 0 aliphatic heterocycles. The number of hydrogen-bond donors (Lipinski definition) is 1. The summed E-state index contributed by atoms with van der Waals surface area (Å²) in [5.41, 5.74) is 6.15. The molecule has 1 unspecified atom stereocenters. The van der Waals surface area contributed by atoms with E-state index >= 15 is 0 Å². The summed E-state index contributed by atoms with van der Waals surface area (Å²) in [5, 5.41) is 14.8. The van der Waals surface area contributed by atoms with E-state index in [0.717, 1.165) is 33.5 Å². The quantitative estimate of drug-likeness (QED) is 0.524. The van der Waals surface area contributed by atoms with Gasteiger partial charge in [0.05, 0.1) is 18.2 Å². The predicted molar refractivity (Wildman–Crippen MR) is 118 cm³/mol. The Labute approximate surface area is 181 Å². The second-order valence-corrected chi connectivity index (χ2v) is 7.62. The number of carbonyl (C=O) groups is 1. The standard InChI is InChI=1S/C24H24N6O/c1-16-4-5-17(2)22(14-16)24(20-10-12-25-13-11-20)26-23(31)15-19-6-8-21(9-7-19)30-18(3)27-28-29-30/h4-14,24H,15H2,1-3H3,(H,26,31). The van der Waals surface area contributed by atoms with E-state index in [1.54, 1.807) is 17.1 Å². The summed E-state index contributed by atoms with van der Waals surface area (Å²) in [4.78, 5) is 17.1. The lowest BCUT2D eigenvalue weighted by molar-refractivity contribution is -0.120. The van der Waals surface area contributed by atoms with Gasteiger partial charge in [-0.2, -0.15) is 4.68 Å². The molecule has 7 nitrogen and oxygen atoms in total. The molecular formula is C24H24N6O. The van der Waals surface area contributed by atoms with Crippen LogP contribution in [0.5, 0.6) is 0 Å². The lowest BCUT2D eigenvalue weighted by atomic mass is 9.94. The number of aryl methyl sites for hydroxylation is 3. The average Bonchev–Trinajstić information content (AvgIpc) is 3.21. The van der Waals surface area contributed by atoms with Crippen molar-refractivity contribution in [3.63, 3.8) is 0 Å². The molecule has 2 heterocycles. The molecule has 156 valence electrons. The van der Waals surface area contributed by atoms with Crippen molar-refractivity contribution in [1.29, 1.82) is 0 Å². The topological polar surface area (TPSA) is 85.6 Å². The maximum absolute atomic E-state index is 13.0. The molecule has 1 N–H and O–H groups in total. The van der Waals surface area contributed by atoms with Crippen LogP contribution in [-0.2, 0) is 11.2 Å². The Bertz CT molecular complexity index is 1180. The van der Waals surface area contributed by atoms with Crippen LogP contribution in [-0.4, -0.2) is 31.1 Å². The third-order valence-electron chi connectivity index (χ3n) is 5.26. The van der Waals surface area contributed by atoms with Crippen LogP contribution >= 0.6 is 0 Å². The number of nitrogens with one attached hydrogen (secondary N) is 1. The maximum atomic E-state index is 13.0. The molecule has 0 aliphatic carbocycles. The third kappa shape index (κ3) is 4.66. The van der Waals surface area contributed by atoms with Gasteiger partial charge in [0.25, 0.3) is 0 Å². The van der Waals surface area contributed by atoms with E-state index in [4.69, 9.17) is 0 Å². The molecule has 0 fully saturated rings. The summed E-state index contributed by atoms with van der Waals surface area (Å²) in [7, 11) is 0. The molecule has 0 aliphatic rings. The number of benzene rings is 2. The fourth-order valence-electron chi connectivity index (χ4n) is 3.59. The predicted octanol–water partition coefficient (Wildman–Crippen LogP) is 3.43. The summed E-state index contributed by atoms with van der Waals surface area (Å²) >= 11 is 0. The first-order chi connectivity index (χ1) is 15.0. The van der Waals surface area contributed by atoms with Gasteiger partial charge < -0.3 is 5.32 Å². The van der Waals surface area contributed by atoms with Gasteiger partial charge in [-0.05, 0) is 77.7 Å². The third-order valence-corrected chi connectivity index (χ3v) is 5.26. The maximum Gasteiger partial charge on any atom is 0.225 e. The Hall–Kier alpha value is -3.87. The smallest absolute Gasteiger partial charge is 0.225 e. The fraction of sp³-hybridized carbons (Fsp3) is 0.208. The fourth-order valence-corrected chi connectivity index (χ4v) is 3.59. The first-order valence-corrected chi connectivity index (χ1v) is 10.1. The monoisotopic (exact) mass is 412 g/mol. The Balaban J connectivity index is 1.54. The number of amides is 1. The molecule has 31 heavy (non-hydrogen) atoms. The Morgan fingerprint density at radius 3 is 2.42 bits per heavy atom. The lowest BCUT2D eigenvalue weighted by Gasteiger charge is -2.22. The first kappa shape index (κ1) is 20.4. The zero-order valence-electron chi connectivity index (χ0n) is 17.8. The van der Waals surface area contributed by atoms with E-state index in [2.05, 4.69) is 57.9 Å². The number of tetrazole rings is 1. The normalized spacial score (nSPS) is 11.8. The summed E-state index contributed by atoms with van der Waals surface area (Å²) in [6.45, 7) is 5.96. The van der Waals surface area contributed by atoms with Gasteiger partial charge in [-0.1, -0.05) is 35.9 Å². The molecule has 0 saturated heterocycles. The van der Waals surface area contributed by atoms with Crippen LogP contribution in [0.2, 0.25) is 0 Å². The molecule has 1 atom stereocenters. The van der Waals surface area contributed by atoms with Crippen molar-refractivity contribution in [2.75, 3.05) is 0 Å². The highest BCUT2D eigenvalue weighted by Crippen LogP contribution is 2.26. The van der Waals surface area contributed by atoms with Gasteiger partial charge in [0, 0.05) is 12.4 Å². The van der Waals surface area contributed by atoms with Crippen molar-refractivity contribution in [2.24, 2.45) is 0 Å². The molecule has 0 bridgehead atoms. The van der Waals surface area contributed by atoms with Gasteiger partial charge in [0.1, 0.15) is 0 Å². The lowest BCUT2D eigenvalue weighted by Crippen LogP contribution is -2.31. The zero-order valence-corrected chi connectivity index (χ0v) is 17.8. The summed E-state index contributed by atoms with van der Waals surface area (Å²) in [6.07, 6.45) is 3.78. The molecule has 1 amide bonds. The molecule has 2 aromatic heterocycles. The van der Waals surface area contributed by atoms with Gasteiger partial charge in [0.2, 0.25) is 5.91 Å². The number of rotatable bonds is 6. The largest absolute Gasteiger partial charge is 0.345 e. The number of nitrogens with zero attached hydrogens (tertiary/aromatic N) is 5. The molecular weight excluding hydrogens is 388 g/mol. The Morgan fingerprint density at radius 1 is 1.00 bits per heavy atom. The van der Waals surface area contributed by atoms with Crippen molar-refractivity contribution < 1.29 is 4.79 Å². The van der Waals surface area contributed by atoms with E-state index in [1.165, 1.54) is 0 Å². The zero-order chi connectivity index (χ0) is 21.8. The summed E-state index contributed by atoms with van der Waals surface area (Å²) in [5.74, 6) is 0.660. The number of aromatic nitrogens is 5. The van der Waals surface area contributed by atoms with Crippen LogP contribution in [0.4, 0.5) is 0 Å². The molecule has 4 rings (SSSR count). The van der Waals surface area contributed by atoms with Gasteiger partial charge >= 0.3 is 0 Å². The average molecular weight is 412 g/mol. The highest BCUT2D eigenvalue weighted by molar-refractivity contribution is 5.79. The van der Waals surface area contributed by atoms with E-state index < -0.39 is 0 Å². The van der Waals surface area contributed by atoms with Gasteiger partial charge in [-0.3, -0.25) is 9.78 Å². The van der Waals surface area contributed by atoms with Gasteiger partial charge in [0.15, 0.2) is 5.82 Å². The highest BCUT2D eigenvalue weighted by Gasteiger charge is 2.19. The van der Waals surface area contributed by atoms with E-state index in [0.29, 0.717) is 5.82 Å². The SMILES string of the molecule is Cc1ccc(C)c(C(NC(=O)Cc2ccc(-n3nnnc3C)cc2)c2ccncc2)c1. The first-order valence-electron chi connectivity index (χ1n) is 10.1. The van der Waals surface area contributed by atoms with Crippen molar-refractivity contribution in [2.45, 2.75) is 33.2 Å². The minimum absolute atomic E-state index is 0.0472. The van der Waals surface area contributed by atoms with Crippen molar-refractivity contribution >= 4 is 5.91 Å². The molecule has 0 saturated carbocycles. The molecule has 0 radical (unpaired) electrons. The number of carbonyl (C=O) groups excluding carboxylic acids is 1. The minimum atomic E-state index is -0.237. The second-order valence-electron chi connectivity index (χ2n) is 7.62. The summed E-state index contributed by atoms with van der Waals surface area (Å²) < 4.78 is 1.66. The van der Waals surface area contributed by atoms with Gasteiger partial charge in [-0.15, -0.1) is 5.10 Å². The summed E-state index contributed by atoms with van der Waals surface area (Å²) in [6, 6.07) is 17.6. The Kier molecular flexibility index (Phi) is 5.84. The Morgan fingerprint density at radius 2 is 1.74 bits per heavy atom. The van der Waals surface area contributed by atoms with Crippen LogP contribution in [0.1, 0.15) is 39.7 Å². The van der Waals surface area contributed by atoms with E-state index in [9.17, 15) is 4.79 Å². The van der Waals surface area contributed by atoms with Crippen LogP contribution in [0.15, 0.2) is 67.0 Å². The molecule has 7 heteroatoms. The second kappa shape index (κ2) is 8.87. The highest BCUT2D eigenvalue weighted by atomic mass is 16.1. The van der Waals surface area contributed by atoms with Crippen LogP contribution in [0.25, 0.3) is 5.69 Å². The van der Waals surface area contributed by atoms with E-state index in [1.807, 2.05) is 43.3 Å². The molecule has 2 aromatic carbocycles. The van der Waals surface area contributed by atoms with Crippen LogP contribution in [0.3, 0.4) is 0 Å². The molecule has 4 aromatic rings. The van der Waals surface area contributed by atoms with Crippen molar-refractivity contribution in [3.8, 4) is 5.69 Å². The van der Waals surface area contributed by atoms with Crippen LogP contribution in [0, 0.1) is 20.8 Å². The van der Waals surface area contributed by atoms with Crippen molar-refractivity contribution in [3.05, 3.63) is 101 Å². The van der Waals surface area contributed by atoms with Gasteiger partial charge in [-0.25, -0.2) is 0 Å². The van der Waals surface area contributed by atoms with Crippen molar-refractivity contribution in [1.82, 2.24) is 30.5 Å². The molecule has 0 spiro atoms. The van der Waals surface area contributed by atoms with Crippen LogP contribution < -0.4 is 5.32 Å². The number of hydrogen-bond acceptors (Lipinski definition) is 5. The minimum Gasteiger partial charge on any atom is -0.345 e. The van der Waals surface area contributed by atoms with E-state index in [-0.39, 0.29) is 18.4 Å². The number of pyridine rings is 1.